The van der Waals surface area contributed by atoms with Crippen molar-refractivity contribution in [3.8, 4) is 0 Å². The van der Waals surface area contributed by atoms with Gasteiger partial charge in [-0.1, -0.05) is 47.5 Å². The predicted molar refractivity (Wildman–Crippen MR) is 61.1 cm³/mol. The van der Waals surface area contributed by atoms with Gasteiger partial charge in [0, 0.05) is 18.6 Å². The fraction of sp³-hybridized carbons (Fsp3) is 0.0769. The van der Waals surface area contributed by atoms with Gasteiger partial charge in [0.25, 0.3) is 0 Å². The van der Waals surface area contributed by atoms with E-state index in [0.717, 1.165) is 11.1 Å². The van der Waals surface area contributed by atoms with E-state index in [9.17, 15) is 0 Å². The van der Waals surface area contributed by atoms with Crippen molar-refractivity contribution in [1.29, 1.82) is 0 Å². The van der Waals surface area contributed by atoms with Crippen molar-refractivity contribution in [3.63, 3.8) is 0 Å². The van der Waals surface area contributed by atoms with Crippen molar-refractivity contribution in [2.24, 2.45) is 0 Å². The van der Waals surface area contributed by atoms with E-state index in [4.69, 9.17) is 23.2 Å². The van der Waals surface area contributed by atoms with Crippen LogP contribution >= 0.6 is 23.2 Å². The van der Waals surface area contributed by atoms with Crippen LogP contribution in [0.25, 0.3) is 0 Å². The number of rotatable bonds is 2. The van der Waals surface area contributed by atoms with E-state index >= 15 is 0 Å². The molecule has 0 spiro atoms. The summed E-state index contributed by atoms with van der Waals surface area (Å²) in [6.07, 6.45) is 0.604. The maximum atomic E-state index is 5.97. The summed E-state index contributed by atoms with van der Waals surface area (Å²) < 4.78 is 0. The normalized spacial score (nSPS) is 10.3. The maximum absolute atomic E-state index is 5.97. The second-order valence-corrected chi connectivity index (χ2v) is 3.76. The molecule has 0 nitrogen and oxygen atoms in total. The van der Waals surface area contributed by atoms with Gasteiger partial charge < -0.3 is 0 Å². The van der Waals surface area contributed by atoms with Crippen LogP contribution in [-0.4, -0.2) is 0 Å². The zero-order valence-corrected chi connectivity index (χ0v) is 9.28. The summed E-state index contributed by atoms with van der Waals surface area (Å²) in [5.41, 5.74) is 1.74. The lowest BCUT2D eigenvalue weighted by molar-refractivity contribution is 1.18. The Hall–Kier alpha value is -0.980. The molecule has 0 aliphatic heterocycles. The highest BCUT2D eigenvalue weighted by Crippen LogP contribution is 2.21. The molecule has 15 heavy (non-hydrogen) atoms. The van der Waals surface area contributed by atoms with Crippen LogP contribution < -0.4 is 0 Å². The first-order valence-electron chi connectivity index (χ1n) is 4.41. The van der Waals surface area contributed by atoms with E-state index < -0.39 is 0 Å². The zero-order chi connectivity index (χ0) is 10.7. The molecule has 2 aromatic carbocycles. The molecule has 0 saturated carbocycles. The first-order valence-corrected chi connectivity index (χ1v) is 5.16. The van der Waals surface area contributed by atoms with Gasteiger partial charge in [-0.3, -0.25) is 0 Å². The third-order valence-corrected chi connectivity index (χ3v) is 2.66. The molecule has 0 aliphatic carbocycles. The molecule has 0 heterocycles. The van der Waals surface area contributed by atoms with Gasteiger partial charge in [0.2, 0.25) is 0 Å². The highest BCUT2D eigenvalue weighted by molar-refractivity contribution is 6.32. The number of halogens is 2. The third kappa shape index (κ3) is 2.53. The lowest BCUT2D eigenvalue weighted by Crippen LogP contribution is -1.90. The summed E-state index contributed by atoms with van der Waals surface area (Å²) in [7, 11) is 0. The molecule has 0 unspecified atom stereocenters. The number of hydrogen-bond donors (Lipinski definition) is 0. The smallest absolute Gasteiger partial charge is 0.0526 e. The van der Waals surface area contributed by atoms with E-state index in [2.05, 4.69) is 24.3 Å². The van der Waals surface area contributed by atoms with Gasteiger partial charge in [-0.05, 0) is 23.3 Å². The van der Waals surface area contributed by atoms with Crippen molar-refractivity contribution >= 4 is 23.2 Å². The van der Waals surface area contributed by atoms with Crippen LogP contribution in [0.5, 0.6) is 0 Å². The van der Waals surface area contributed by atoms with E-state index in [1.54, 1.807) is 24.3 Å². The molecular weight excluding hydrogens is 227 g/mol. The average molecular weight is 233 g/mol. The fourth-order valence-corrected chi connectivity index (χ4v) is 1.62. The van der Waals surface area contributed by atoms with Gasteiger partial charge in [0.05, 0.1) is 10.0 Å². The monoisotopic (exact) mass is 232 g/mol. The highest BCUT2D eigenvalue weighted by atomic mass is 35.5. The molecule has 2 heteroatoms. The molecule has 4 radical (unpaired) electrons. The minimum atomic E-state index is 0.575. The average Bonchev–Trinajstić information content (AvgIpc) is 2.24. The highest BCUT2D eigenvalue weighted by Gasteiger charge is 2.04. The third-order valence-electron chi connectivity index (χ3n) is 1.99. The minimum Gasteiger partial charge on any atom is -0.0833 e. The molecule has 0 aliphatic rings. The van der Waals surface area contributed by atoms with Crippen LogP contribution in [0.4, 0.5) is 0 Å². The Labute approximate surface area is 99.5 Å². The van der Waals surface area contributed by atoms with Crippen molar-refractivity contribution in [3.05, 3.63) is 69.7 Å². The first kappa shape index (κ1) is 10.5. The fourth-order valence-electron chi connectivity index (χ4n) is 1.25. The second kappa shape index (κ2) is 4.69. The summed E-state index contributed by atoms with van der Waals surface area (Å²) in [6, 6.07) is 18.9. The Kier molecular flexibility index (Phi) is 3.30. The van der Waals surface area contributed by atoms with Crippen LogP contribution in [0, 0.1) is 24.3 Å². The van der Waals surface area contributed by atoms with E-state index in [1.807, 2.05) is 0 Å². The molecule has 0 fully saturated rings. The summed E-state index contributed by atoms with van der Waals surface area (Å²) in [5.74, 6) is 0. The molecular formula is C13H6Cl2. The SMILES string of the molecule is Clc1[c]cc[c]c1Cc1[c]cc[c]c1Cl. The molecule has 2 rings (SSSR count). The van der Waals surface area contributed by atoms with Gasteiger partial charge >= 0.3 is 0 Å². The van der Waals surface area contributed by atoms with Gasteiger partial charge in [0.1, 0.15) is 0 Å². The quantitative estimate of drug-likeness (QED) is 0.740. The Balaban J connectivity index is 2.30. The molecule has 0 aromatic heterocycles. The minimum absolute atomic E-state index is 0.575. The van der Waals surface area contributed by atoms with E-state index in [-0.39, 0.29) is 0 Å². The number of hydrogen-bond acceptors (Lipinski definition) is 0. The van der Waals surface area contributed by atoms with Gasteiger partial charge in [0.15, 0.2) is 0 Å². The Morgan fingerprint density at radius 2 is 1.13 bits per heavy atom. The van der Waals surface area contributed by atoms with Gasteiger partial charge in [-0.2, -0.15) is 0 Å². The Bertz CT molecular complexity index is 420. The lowest BCUT2D eigenvalue weighted by Gasteiger charge is -2.04. The predicted octanol–water partition coefficient (Wildman–Crippen LogP) is 3.78. The topological polar surface area (TPSA) is 0 Å². The van der Waals surface area contributed by atoms with Crippen molar-refractivity contribution < 1.29 is 0 Å². The number of benzene rings is 2. The second-order valence-electron chi connectivity index (χ2n) is 3.01. The van der Waals surface area contributed by atoms with Crippen LogP contribution in [0.1, 0.15) is 11.1 Å². The molecule has 0 saturated heterocycles. The van der Waals surface area contributed by atoms with E-state index in [0.29, 0.717) is 16.5 Å². The molecule has 0 N–H and O–H groups in total. The summed E-state index contributed by atoms with van der Waals surface area (Å²) in [5, 5.41) is 1.15. The summed E-state index contributed by atoms with van der Waals surface area (Å²) in [4.78, 5) is 0. The maximum Gasteiger partial charge on any atom is 0.0526 e. The van der Waals surface area contributed by atoms with Crippen molar-refractivity contribution in [2.75, 3.05) is 0 Å². The lowest BCUT2D eigenvalue weighted by atomic mass is 10.1. The largest absolute Gasteiger partial charge is 0.0833 e. The van der Waals surface area contributed by atoms with Gasteiger partial charge in [-0.25, -0.2) is 0 Å². The molecule has 72 valence electrons. The standard InChI is InChI=1S/C13H6Cl2/c14-12-7-3-1-5-10(12)9-11-6-2-4-8-13(11)15/h1-4H,9H2. The van der Waals surface area contributed by atoms with Crippen LogP contribution in [0.15, 0.2) is 24.3 Å². The van der Waals surface area contributed by atoms with E-state index in [1.165, 1.54) is 0 Å². The Morgan fingerprint density at radius 3 is 1.53 bits per heavy atom. The summed E-state index contributed by atoms with van der Waals surface area (Å²) >= 11 is 11.9. The zero-order valence-electron chi connectivity index (χ0n) is 7.77. The summed E-state index contributed by atoms with van der Waals surface area (Å²) in [6.45, 7) is 0. The molecule has 0 bridgehead atoms. The molecule has 0 amide bonds. The van der Waals surface area contributed by atoms with Crippen LogP contribution in [0.2, 0.25) is 10.0 Å². The van der Waals surface area contributed by atoms with Crippen molar-refractivity contribution in [2.45, 2.75) is 6.42 Å². The molecule has 2 aromatic rings. The van der Waals surface area contributed by atoms with Crippen molar-refractivity contribution in [1.82, 2.24) is 0 Å². The Morgan fingerprint density at radius 1 is 0.733 bits per heavy atom. The molecule has 0 atom stereocenters. The van der Waals surface area contributed by atoms with Gasteiger partial charge in [-0.15, -0.1) is 0 Å². The van der Waals surface area contributed by atoms with Crippen LogP contribution in [0.3, 0.4) is 0 Å². The first-order chi connectivity index (χ1) is 7.27. The van der Waals surface area contributed by atoms with Crippen LogP contribution in [-0.2, 0) is 6.42 Å².